The Morgan fingerprint density at radius 3 is 2.61 bits per heavy atom. The third kappa shape index (κ3) is 4.91. The molecular formula is C22H23ClN2O2S. The number of anilines is 2. The standard InChI is InChI=1S/C22H23ClN2O2S/c1-4-15(12-21(26)27-3)16-5-10-19(22-24-14(2)13-28-22)20(11-16)25-18-8-6-17(23)7-9-18/h5-11,13,15,25H,4,12H2,1-3H3. The van der Waals surface area contributed by atoms with E-state index in [9.17, 15) is 4.79 Å². The molecule has 0 aliphatic rings. The number of nitrogens with one attached hydrogen (secondary N) is 1. The molecule has 4 nitrogen and oxygen atoms in total. The minimum atomic E-state index is -0.196. The highest BCUT2D eigenvalue weighted by Crippen LogP contribution is 2.36. The van der Waals surface area contributed by atoms with Crippen molar-refractivity contribution in [1.82, 2.24) is 4.98 Å². The highest BCUT2D eigenvalue weighted by molar-refractivity contribution is 7.13. The van der Waals surface area contributed by atoms with Gasteiger partial charge in [0.15, 0.2) is 0 Å². The first-order valence-corrected chi connectivity index (χ1v) is 10.4. The van der Waals surface area contributed by atoms with Gasteiger partial charge in [0.05, 0.1) is 13.5 Å². The van der Waals surface area contributed by atoms with Crippen molar-refractivity contribution in [3.63, 3.8) is 0 Å². The van der Waals surface area contributed by atoms with Crippen molar-refractivity contribution in [3.8, 4) is 10.6 Å². The van der Waals surface area contributed by atoms with E-state index in [0.717, 1.165) is 39.6 Å². The van der Waals surface area contributed by atoms with Crippen LogP contribution in [0.25, 0.3) is 10.6 Å². The maximum Gasteiger partial charge on any atom is 0.306 e. The number of benzene rings is 2. The van der Waals surface area contributed by atoms with Crippen molar-refractivity contribution >= 4 is 40.3 Å². The zero-order valence-corrected chi connectivity index (χ0v) is 17.7. The van der Waals surface area contributed by atoms with Gasteiger partial charge in [-0.1, -0.05) is 24.6 Å². The fourth-order valence-corrected chi connectivity index (χ4v) is 4.02. The minimum Gasteiger partial charge on any atom is -0.469 e. The Kier molecular flexibility index (Phi) is 6.70. The van der Waals surface area contributed by atoms with Gasteiger partial charge in [0.2, 0.25) is 0 Å². The lowest BCUT2D eigenvalue weighted by atomic mass is 9.92. The molecule has 0 saturated heterocycles. The van der Waals surface area contributed by atoms with Crippen molar-refractivity contribution in [2.75, 3.05) is 12.4 Å². The van der Waals surface area contributed by atoms with Gasteiger partial charge in [0, 0.05) is 33.0 Å². The van der Waals surface area contributed by atoms with Gasteiger partial charge in [-0.15, -0.1) is 11.3 Å². The second kappa shape index (κ2) is 9.22. The third-order valence-corrected chi connectivity index (χ3v) is 5.87. The number of thiazole rings is 1. The summed E-state index contributed by atoms with van der Waals surface area (Å²) in [5.74, 6) is -0.0935. The average Bonchev–Trinajstić information content (AvgIpc) is 3.13. The van der Waals surface area contributed by atoms with Crippen molar-refractivity contribution in [1.29, 1.82) is 0 Å². The second-order valence-corrected chi connectivity index (χ2v) is 7.91. The molecule has 0 aliphatic heterocycles. The van der Waals surface area contributed by atoms with Crippen molar-refractivity contribution in [3.05, 3.63) is 64.1 Å². The second-order valence-electron chi connectivity index (χ2n) is 6.62. The molecule has 28 heavy (non-hydrogen) atoms. The smallest absolute Gasteiger partial charge is 0.306 e. The van der Waals surface area contributed by atoms with Crippen LogP contribution in [0, 0.1) is 6.92 Å². The molecule has 0 saturated carbocycles. The van der Waals surface area contributed by atoms with Gasteiger partial charge in [0.25, 0.3) is 0 Å². The number of hydrogen-bond donors (Lipinski definition) is 1. The number of carbonyl (C=O) groups excluding carboxylic acids is 1. The van der Waals surface area contributed by atoms with Crippen LogP contribution in [0.15, 0.2) is 47.8 Å². The van der Waals surface area contributed by atoms with Crippen LogP contribution < -0.4 is 5.32 Å². The molecule has 6 heteroatoms. The molecule has 0 bridgehead atoms. The van der Waals surface area contributed by atoms with Crippen LogP contribution in [0.1, 0.15) is 36.9 Å². The average molecular weight is 415 g/mol. The zero-order chi connectivity index (χ0) is 20.1. The predicted molar refractivity (Wildman–Crippen MR) is 117 cm³/mol. The topological polar surface area (TPSA) is 51.2 Å². The van der Waals surface area contributed by atoms with Crippen LogP contribution in [-0.2, 0) is 9.53 Å². The lowest BCUT2D eigenvalue weighted by molar-refractivity contribution is -0.141. The Labute approximate surface area is 174 Å². The third-order valence-electron chi connectivity index (χ3n) is 4.62. The number of aromatic nitrogens is 1. The number of esters is 1. The van der Waals surface area contributed by atoms with E-state index in [1.165, 1.54) is 7.11 Å². The van der Waals surface area contributed by atoms with Crippen LogP contribution in [0.3, 0.4) is 0 Å². The van der Waals surface area contributed by atoms with Gasteiger partial charge < -0.3 is 10.1 Å². The predicted octanol–water partition coefficient (Wildman–Crippen LogP) is 6.57. The van der Waals surface area contributed by atoms with E-state index in [1.54, 1.807) is 11.3 Å². The molecule has 1 N–H and O–H groups in total. The van der Waals surface area contributed by atoms with E-state index in [-0.39, 0.29) is 11.9 Å². The molecule has 0 spiro atoms. The molecule has 1 atom stereocenters. The van der Waals surface area contributed by atoms with Gasteiger partial charge in [-0.25, -0.2) is 4.98 Å². The molecule has 1 heterocycles. The first kappa shape index (κ1) is 20.4. The van der Waals surface area contributed by atoms with Gasteiger partial charge in [-0.3, -0.25) is 4.79 Å². The van der Waals surface area contributed by atoms with E-state index in [2.05, 4.69) is 35.4 Å². The summed E-state index contributed by atoms with van der Waals surface area (Å²) >= 11 is 7.63. The highest BCUT2D eigenvalue weighted by Gasteiger charge is 2.18. The summed E-state index contributed by atoms with van der Waals surface area (Å²) in [5, 5.41) is 7.18. The summed E-state index contributed by atoms with van der Waals surface area (Å²) in [5.41, 5.74) is 5.03. The Hall–Kier alpha value is -2.37. The summed E-state index contributed by atoms with van der Waals surface area (Å²) < 4.78 is 4.86. The van der Waals surface area contributed by atoms with Crippen LogP contribution in [0.5, 0.6) is 0 Å². The fraction of sp³-hybridized carbons (Fsp3) is 0.273. The first-order valence-electron chi connectivity index (χ1n) is 9.16. The summed E-state index contributed by atoms with van der Waals surface area (Å²) in [6, 6.07) is 13.9. The number of ether oxygens (including phenoxy) is 1. The van der Waals surface area contributed by atoms with Crippen LogP contribution in [-0.4, -0.2) is 18.1 Å². The number of hydrogen-bond acceptors (Lipinski definition) is 5. The number of aryl methyl sites for hydroxylation is 1. The highest BCUT2D eigenvalue weighted by atomic mass is 35.5. The molecule has 0 radical (unpaired) electrons. The molecule has 3 aromatic rings. The van der Waals surface area contributed by atoms with E-state index in [0.29, 0.717) is 11.4 Å². The molecule has 0 amide bonds. The molecule has 1 unspecified atom stereocenters. The van der Waals surface area contributed by atoms with Crippen molar-refractivity contribution < 1.29 is 9.53 Å². The van der Waals surface area contributed by atoms with Crippen LogP contribution in [0.2, 0.25) is 5.02 Å². The summed E-state index contributed by atoms with van der Waals surface area (Å²) in [6.45, 7) is 4.07. The number of nitrogens with zero attached hydrogens (tertiary/aromatic N) is 1. The Balaban J connectivity index is 2.00. The number of carbonyl (C=O) groups is 1. The Bertz CT molecular complexity index is 953. The molecule has 0 aliphatic carbocycles. The van der Waals surface area contributed by atoms with Crippen molar-refractivity contribution in [2.45, 2.75) is 32.6 Å². The fourth-order valence-electron chi connectivity index (χ4n) is 3.05. The van der Waals surface area contributed by atoms with E-state index in [4.69, 9.17) is 16.3 Å². The SMILES string of the molecule is CCC(CC(=O)OC)c1ccc(-c2nc(C)cs2)c(Nc2ccc(Cl)cc2)c1. The van der Waals surface area contributed by atoms with E-state index >= 15 is 0 Å². The summed E-state index contributed by atoms with van der Waals surface area (Å²) in [6.07, 6.45) is 1.22. The van der Waals surface area contributed by atoms with Gasteiger partial charge >= 0.3 is 5.97 Å². The molecule has 3 rings (SSSR count). The summed E-state index contributed by atoms with van der Waals surface area (Å²) in [7, 11) is 1.43. The number of methoxy groups -OCH3 is 1. The van der Waals surface area contributed by atoms with E-state index in [1.807, 2.05) is 36.6 Å². The zero-order valence-electron chi connectivity index (χ0n) is 16.2. The molecule has 2 aromatic carbocycles. The van der Waals surface area contributed by atoms with E-state index < -0.39 is 0 Å². The first-order chi connectivity index (χ1) is 13.5. The maximum atomic E-state index is 11.8. The number of halogens is 1. The normalized spacial score (nSPS) is 11.9. The monoisotopic (exact) mass is 414 g/mol. The Morgan fingerprint density at radius 2 is 2.00 bits per heavy atom. The van der Waals surface area contributed by atoms with Crippen LogP contribution >= 0.6 is 22.9 Å². The molecule has 1 aromatic heterocycles. The van der Waals surface area contributed by atoms with Gasteiger partial charge in [-0.2, -0.15) is 0 Å². The largest absolute Gasteiger partial charge is 0.469 e. The lowest BCUT2D eigenvalue weighted by Gasteiger charge is -2.18. The quantitative estimate of drug-likeness (QED) is 0.444. The molecule has 146 valence electrons. The van der Waals surface area contributed by atoms with Crippen LogP contribution in [0.4, 0.5) is 11.4 Å². The summed E-state index contributed by atoms with van der Waals surface area (Å²) in [4.78, 5) is 16.4. The van der Waals surface area contributed by atoms with Gasteiger partial charge in [0.1, 0.15) is 5.01 Å². The lowest BCUT2D eigenvalue weighted by Crippen LogP contribution is -2.08. The molecular weight excluding hydrogens is 392 g/mol. The van der Waals surface area contributed by atoms with Crippen molar-refractivity contribution in [2.24, 2.45) is 0 Å². The minimum absolute atomic E-state index is 0.102. The number of rotatable bonds is 7. The molecule has 0 fully saturated rings. The Morgan fingerprint density at radius 1 is 1.25 bits per heavy atom. The van der Waals surface area contributed by atoms with Gasteiger partial charge in [-0.05, 0) is 61.2 Å². The maximum absolute atomic E-state index is 11.8.